The van der Waals surface area contributed by atoms with Crippen LogP contribution in [-0.4, -0.2) is 47.6 Å². The average molecular weight is 433 g/mol. The molecule has 0 atom stereocenters. The number of aryl methyl sites for hydroxylation is 1. The summed E-state index contributed by atoms with van der Waals surface area (Å²) >= 11 is 3.17. The molecular weight excluding hydrogens is 417 g/mol. The number of anilines is 1. The predicted octanol–water partition coefficient (Wildman–Crippen LogP) is 1.52. The lowest BCUT2D eigenvalue weighted by atomic mass is 9.98. The molecule has 0 radical (unpaired) electrons. The van der Waals surface area contributed by atoms with E-state index in [-0.39, 0.29) is 24.6 Å². The summed E-state index contributed by atoms with van der Waals surface area (Å²) in [5, 5.41) is 6.90. The molecule has 1 aromatic rings. The molecule has 0 aliphatic carbocycles. The molecule has 136 valence electrons. The number of rotatable bonds is 4. The zero-order valence-corrected chi connectivity index (χ0v) is 15.1. The minimum atomic E-state index is -5.27. The van der Waals surface area contributed by atoms with Crippen molar-refractivity contribution >= 4 is 31.6 Å². The lowest BCUT2D eigenvalue weighted by Gasteiger charge is -2.31. The van der Waals surface area contributed by atoms with E-state index in [1.54, 1.807) is 0 Å². The highest BCUT2D eigenvalue weighted by molar-refractivity contribution is 9.10. The number of hydrogen-bond acceptors (Lipinski definition) is 5. The maximum absolute atomic E-state index is 12.5. The van der Waals surface area contributed by atoms with Crippen molar-refractivity contribution in [1.82, 2.24) is 14.1 Å². The Morgan fingerprint density at radius 2 is 1.96 bits per heavy atom. The summed E-state index contributed by atoms with van der Waals surface area (Å²) in [6, 6.07) is 0. The highest BCUT2D eigenvalue weighted by Crippen LogP contribution is 2.30. The van der Waals surface area contributed by atoms with E-state index in [0.717, 1.165) is 4.68 Å². The van der Waals surface area contributed by atoms with Gasteiger partial charge in [-0.25, -0.2) is 13.1 Å². The van der Waals surface area contributed by atoms with Crippen LogP contribution in [-0.2, 0) is 17.1 Å². The molecule has 1 aliphatic heterocycles. The number of aromatic nitrogens is 2. The van der Waals surface area contributed by atoms with Gasteiger partial charge in [-0.2, -0.15) is 22.6 Å². The third-order valence-electron chi connectivity index (χ3n) is 3.87. The van der Waals surface area contributed by atoms with Crippen molar-refractivity contribution in [3.63, 3.8) is 0 Å². The molecule has 0 aromatic carbocycles. The van der Waals surface area contributed by atoms with Gasteiger partial charge in [0.15, 0.2) is 0 Å². The highest BCUT2D eigenvalue weighted by atomic mass is 79.9. The van der Waals surface area contributed by atoms with Crippen LogP contribution in [0.5, 0.6) is 0 Å². The minimum absolute atomic E-state index is 0.000594. The number of sulfonamides is 1. The van der Waals surface area contributed by atoms with Gasteiger partial charge in [0, 0.05) is 26.7 Å². The molecular formula is C12H16BrF3N4O3S. The molecule has 1 saturated heterocycles. The Bertz CT molecular complexity index is 758. The Balaban J connectivity index is 1.93. The maximum Gasteiger partial charge on any atom is 0.511 e. The van der Waals surface area contributed by atoms with E-state index in [2.05, 4.69) is 26.3 Å². The number of hydrogen-bond donors (Lipinski definition) is 1. The van der Waals surface area contributed by atoms with E-state index in [4.69, 9.17) is 0 Å². The number of nitrogens with one attached hydrogen (secondary N) is 1. The zero-order chi connectivity index (χ0) is 18.1. The molecule has 1 N–H and O–H groups in total. The number of alkyl halides is 3. The van der Waals surface area contributed by atoms with Gasteiger partial charge in [0.25, 0.3) is 5.56 Å². The summed E-state index contributed by atoms with van der Waals surface area (Å²) in [7, 11) is -3.75. The molecule has 0 spiro atoms. The van der Waals surface area contributed by atoms with Crippen LogP contribution in [0.25, 0.3) is 0 Å². The first kappa shape index (κ1) is 19.2. The number of nitrogens with zero attached hydrogens (tertiary/aromatic N) is 3. The smallest absolute Gasteiger partial charge is 0.382 e. The average Bonchev–Trinajstić information content (AvgIpc) is 2.51. The van der Waals surface area contributed by atoms with Crippen LogP contribution in [0.2, 0.25) is 0 Å². The van der Waals surface area contributed by atoms with Gasteiger partial charge in [0.05, 0.1) is 11.9 Å². The van der Waals surface area contributed by atoms with E-state index in [1.807, 2.05) is 0 Å². The summed E-state index contributed by atoms with van der Waals surface area (Å²) < 4.78 is 62.2. The van der Waals surface area contributed by atoms with Crippen LogP contribution < -0.4 is 10.9 Å². The van der Waals surface area contributed by atoms with Gasteiger partial charge in [-0.3, -0.25) is 4.79 Å². The van der Waals surface area contributed by atoms with E-state index >= 15 is 0 Å². The summed E-state index contributed by atoms with van der Waals surface area (Å²) in [5.74, 6) is 0.000594. The largest absolute Gasteiger partial charge is 0.511 e. The van der Waals surface area contributed by atoms with E-state index < -0.39 is 15.5 Å². The fraction of sp³-hybridized carbons (Fsp3) is 0.667. The van der Waals surface area contributed by atoms with Gasteiger partial charge in [0.2, 0.25) is 0 Å². The third-order valence-corrected chi connectivity index (χ3v) is 6.26. The Kier molecular flexibility index (Phi) is 5.60. The van der Waals surface area contributed by atoms with E-state index in [0.29, 0.717) is 33.9 Å². The van der Waals surface area contributed by atoms with Crippen molar-refractivity contribution in [2.75, 3.05) is 25.0 Å². The van der Waals surface area contributed by atoms with Gasteiger partial charge >= 0.3 is 15.5 Å². The van der Waals surface area contributed by atoms with Crippen molar-refractivity contribution in [3.05, 3.63) is 21.0 Å². The van der Waals surface area contributed by atoms with Gasteiger partial charge in [-0.05, 0) is 34.7 Å². The minimum Gasteiger partial charge on any atom is -0.382 e. The van der Waals surface area contributed by atoms with Crippen LogP contribution in [0.3, 0.4) is 0 Å². The lowest BCUT2D eigenvalue weighted by Crippen LogP contribution is -2.45. The Labute approximate surface area is 145 Å². The molecule has 7 nitrogen and oxygen atoms in total. The van der Waals surface area contributed by atoms with Crippen molar-refractivity contribution in [2.24, 2.45) is 13.0 Å². The van der Waals surface area contributed by atoms with Gasteiger partial charge in [-0.1, -0.05) is 0 Å². The molecule has 24 heavy (non-hydrogen) atoms. The van der Waals surface area contributed by atoms with Gasteiger partial charge < -0.3 is 5.32 Å². The zero-order valence-electron chi connectivity index (χ0n) is 12.7. The van der Waals surface area contributed by atoms with Crippen molar-refractivity contribution in [3.8, 4) is 0 Å². The van der Waals surface area contributed by atoms with Crippen LogP contribution >= 0.6 is 15.9 Å². The molecule has 2 rings (SSSR count). The maximum atomic E-state index is 12.5. The molecule has 1 aromatic heterocycles. The SMILES string of the molecule is Cn1ncc(NCC2CCN(S(=O)(=O)C(F)(F)F)CC2)c(Br)c1=O. The number of piperidine rings is 1. The van der Waals surface area contributed by atoms with E-state index in [9.17, 15) is 26.4 Å². The first-order valence-electron chi connectivity index (χ1n) is 7.06. The van der Waals surface area contributed by atoms with Gasteiger partial charge in [0.1, 0.15) is 4.47 Å². The summed E-state index contributed by atoms with van der Waals surface area (Å²) in [4.78, 5) is 11.7. The number of halogens is 4. The normalized spacial score (nSPS) is 17.9. The first-order chi connectivity index (χ1) is 11.0. The standard InChI is InChI=1S/C12H16BrF3N4O3S/c1-19-11(21)10(13)9(7-18-19)17-6-8-2-4-20(5-3-8)24(22,23)12(14,15)16/h7-8,17H,2-6H2,1H3. The molecule has 2 heterocycles. The summed E-state index contributed by atoms with van der Waals surface area (Å²) in [6.07, 6.45) is 2.07. The fourth-order valence-corrected chi connectivity index (χ4v) is 3.87. The molecule has 0 unspecified atom stereocenters. The second-order valence-electron chi connectivity index (χ2n) is 5.48. The molecule has 1 aliphatic rings. The third kappa shape index (κ3) is 3.91. The van der Waals surface area contributed by atoms with E-state index in [1.165, 1.54) is 13.2 Å². The second kappa shape index (κ2) is 7.00. The van der Waals surface area contributed by atoms with Crippen molar-refractivity contribution in [1.29, 1.82) is 0 Å². The van der Waals surface area contributed by atoms with Crippen molar-refractivity contribution < 1.29 is 21.6 Å². The monoisotopic (exact) mass is 432 g/mol. The first-order valence-corrected chi connectivity index (χ1v) is 9.29. The molecule has 0 amide bonds. The molecule has 1 fully saturated rings. The quantitative estimate of drug-likeness (QED) is 0.779. The molecule has 0 saturated carbocycles. The van der Waals surface area contributed by atoms with Crippen LogP contribution in [0, 0.1) is 5.92 Å². The topological polar surface area (TPSA) is 84.3 Å². The molecule has 0 bridgehead atoms. The molecule has 12 heteroatoms. The summed E-state index contributed by atoms with van der Waals surface area (Å²) in [6.45, 7) is 0.0572. The van der Waals surface area contributed by atoms with Crippen LogP contribution in [0.15, 0.2) is 15.5 Å². The summed E-state index contributed by atoms with van der Waals surface area (Å²) in [5.41, 5.74) is -5.09. The Morgan fingerprint density at radius 1 is 1.38 bits per heavy atom. The van der Waals surface area contributed by atoms with Crippen molar-refractivity contribution in [2.45, 2.75) is 18.3 Å². The van der Waals surface area contributed by atoms with Crippen LogP contribution in [0.4, 0.5) is 18.9 Å². The second-order valence-corrected chi connectivity index (χ2v) is 8.20. The highest BCUT2D eigenvalue weighted by Gasteiger charge is 2.50. The van der Waals surface area contributed by atoms with Crippen LogP contribution in [0.1, 0.15) is 12.8 Å². The van der Waals surface area contributed by atoms with Gasteiger partial charge in [-0.15, -0.1) is 0 Å². The Hall–Kier alpha value is -1.14. The predicted molar refractivity (Wildman–Crippen MR) is 84.9 cm³/mol. The Morgan fingerprint density at radius 3 is 2.50 bits per heavy atom. The fourth-order valence-electron chi connectivity index (χ4n) is 2.39. The lowest BCUT2D eigenvalue weighted by molar-refractivity contribution is -0.0496.